The van der Waals surface area contributed by atoms with Crippen LogP contribution in [-0.4, -0.2) is 69.6 Å². The number of carbonyl (C=O) groups is 1. The molecule has 0 aromatic heterocycles. The zero-order chi connectivity index (χ0) is 24.1. The van der Waals surface area contributed by atoms with Crippen molar-refractivity contribution in [2.75, 3.05) is 39.4 Å². The summed E-state index contributed by atoms with van der Waals surface area (Å²) in [5.74, 6) is 0.646. The minimum Gasteiger partial charge on any atom is -0.490 e. The van der Waals surface area contributed by atoms with E-state index in [0.29, 0.717) is 56.5 Å². The van der Waals surface area contributed by atoms with Crippen LogP contribution >= 0.6 is 0 Å². The molecule has 0 bridgehead atoms. The Hall–Kier alpha value is -3.13. The highest BCUT2D eigenvalue weighted by Gasteiger charge is 2.29. The van der Waals surface area contributed by atoms with Crippen molar-refractivity contribution < 1.29 is 22.7 Å². The van der Waals surface area contributed by atoms with Gasteiger partial charge in [0.2, 0.25) is 15.9 Å². The lowest BCUT2D eigenvalue weighted by Gasteiger charge is -2.36. The second kappa shape index (κ2) is 10.4. The van der Waals surface area contributed by atoms with E-state index in [2.05, 4.69) is 15.7 Å². The first-order chi connectivity index (χ1) is 16.4. The average molecular weight is 485 g/mol. The molecule has 0 aliphatic carbocycles. The normalized spacial score (nSPS) is 17.5. The summed E-state index contributed by atoms with van der Waals surface area (Å²) < 4.78 is 39.4. The van der Waals surface area contributed by atoms with Crippen molar-refractivity contribution in [3.8, 4) is 17.6 Å². The SMILES string of the molecule is C[C@@H](NS(=O)(=O)c1ccc2c(c1)OCCCO2)C(=O)N1CCN(Cc2ccc(C#N)cc2)CC1. The number of nitrogens with zero attached hydrogens (tertiary/aromatic N) is 3. The minimum absolute atomic E-state index is 0.0311. The minimum atomic E-state index is -3.91. The van der Waals surface area contributed by atoms with Gasteiger partial charge in [0.05, 0.1) is 35.8 Å². The van der Waals surface area contributed by atoms with Crippen molar-refractivity contribution in [3.63, 3.8) is 0 Å². The monoisotopic (exact) mass is 484 g/mol. The zero-order valence-corrected chi connectivity index (χ0v) is 19.9. The van der Waals surface area contributed by atoms with Gasteiger partial charge in [-0.05, 0) is 36.8 Å². The molecule has 2 aromatic rings. The standard InChI is InChI=1S/C24H28N4O5S/c1-18(26-34(30,31)21-7-8-22-23(15-21)33-14-2-13-32-22)24(29)28-11-9-27(10-12-28)17-20-5-3-19(16-25)4-6-20/h3-8,15,18,26H,2,9-14,17H2,1H3/t18-/m1/s1. The number of carbonyl (C=O) groups excluding carboxylic acids is 1. The van der Waals surface area contributed by atoms with Crippen molar-refractivity contribution in [3.05, 3.63) is 53.6 Å². The number of piperazine rings is 1. The van der Waals surface area contributed by atoms with E-state index in [4.69, 9.17) is 14.7 Å². The fourth-order valence-electron chi connectivity index (χ4n) is 4.01. The number of benzene rings is 2. The molecule has 2 aromatic carbocycles. The van der Waals surface area contributed by atoms with Gasteiger partial charge in [-0.2, -0.15) is 9.98 Å². The van der Waals surface area contributed by atoms with Crippen LogP contribution in [0.4, 0.5) is 0 Å². The summed E-state index contributed by atoms with van der Waals surface area (Å²) in [7, 11) is -3.91. The number of amides is 1. The third kappa shape index (κ3) is 5.67. The molecule has 0 saturated carbocycles. The van der Waals surface area contributed by atoms with Crippen molar-refractivity contribution in [1.29, 1.82) is 5.26 Å². The molecule has 1 N–H and O–H groups in total. The van der Waals surface area contributed by atoms with Crippen LogP contribution in [0.1, 0.15) is 24.5 Å². The Morgan fingerprint density at radius 3 is 2.41 bits per heavy atom. The largest absolute Gasteiger partial charge is 0.490 e. The molecule has 1 saturated heterocycles. The van der Waals surface area contributed by atoms with E-state index < -0.39 is 16.1 Å². The average Bonchev–Trinajstić information content (AvgIpc) is 3.09. The van der Waals surface area contributed by atoms with E-state index >= 15 is 0 Å². The molecule has 2 aliphatic rings. The molecule has 0 radical (unpaired) electrons. The smallest absolute Gasteiger partial charge is 0.241 e. The predicted molar refractivity (Wildman–Crippen MR) is 125 cm³/mol. The maximum Gasteiger partial charge on any atom is 0.241 e. The maximum absolute atomic E-state index is 12.9. The summed E-state index contributed by atoms with van der Waals surface area (Å²) >= 11 is 0. The lowest BCUT2D eigenvalue weighted by molar-refractivity contribution is -0.134. The van der Waals surface area contributed by atoms with Crippen LogP contribution < -0.4 is 14.2 Å². The van der Waals surface area contributed by atoms with E-state index in [0.717, 1.165) is 18.5 Å². The molecule has 2 aliphatic heterocycles. The van der Waals surface area contributed by atoms with Crippen molar-refractivity contribution >= 4 is 15.9 Å². The molecule has 0 unspecified atom stereocenters. The van der Waals surface area contributed by atoms with Crippen LogP contribution in [0.2, 0.25) is 0 Å². The van der Waals surface area contributed by atoms with Gasteiger partial charge < -0.3 is 14.4 Å². The first-order valence-corrected chi connectivity index (χ1v) is 12.8. The first-order valence-electron chi connectivity index (χ1n) is 11.3. The van der Waals surface area contributed by atoms with Crippen LogP contribution in [0.3, 0.4) is 0 Å². The zero-order valence-electron chi connectivity index (χ0n) is 19.1. The van der Waals surface area contributed by atoms with Gasteiger partial charge in [-0.3, -0.25) is 9.69 Å². The topological polar surface area (TPSA) is 112 Å². The summed E-state index contributed by atoms with van der Waals surface area (Å²) in [6.07, 6.45) is 0.723. The van der Waals surface area contributed by atoms with Crippen LogP contribution in [-0.2, 0) is 21.4 Å². The van der Waals surface area contributed by atoms with Gasteiger partial charge in [-0.1, -0.05) is 12.1 Å². The maximum atomic E-state index is 12.9. The molecule has 1 amide bonds. The second-order valence-electron chi connectivity index (χ2n) is 8.41. The molecule has 2 heterocycles. The Kier molecular flexibility index (Phi) is 7.36. The van der Waals surface area contributed by atoms with Gasteiger partial charge in [-0.25, -0.2) is 8.42 Å². The molecular weight excluding hydrogens is 456 g/mol. The van der Waals surface area contributed by atoms with E-state index in [1.54, 1.807) is 30.0 Å². The molecule has 1 atom stereocenters. The van der Waals surface area contributed by atoms with Gasteiger partial charge >= 0.3 is 0 Å². The highest BCUT2D eigenvalue weighted by molar-refractivity contribution is 7.89. The van der Waals surface area contributed by atoms with E-state index in [9.17, 15) is 13.2 Å². The van der Waals surface area contributed by atoms with Crippen molar-refractivity contribution in [2.24, 2.45) is 0 Å². The van der Waals surface area contributed by atoms with Crippen LogP contribution in [0.5, 0.6) is 11.5 Å². The predicted octanol–water partition coefficient (Wildman–Crippen LogP) is 1.73. The number of hydrogen-bond acceptors (Lipinski definition) is 7. The molecule has 9 nitrogen and oxygen atoms in total. The Bertz CT molecular complexity index is 1170. The van der Waals surface area contributed by atoms with Crippen LogP contribution in [0.25, 0.3) is 0 Å². The number of ether oxygens (including phenoxy) is 2. The van der Waals surface area contributed by atoms with Gasteiger partial charge in [0, 0.05) is 45.2 Å². The molecule has 10 heteroatoms. The third-order valence-corrected chi connectivity index (χ3v) is 7.44. The summed E-state index contributed by atoms with van der Waals surface area (Å²) in [5, 5.41) is 8.92. The summed E-state index contributed by atoms with van der Waals surface area (Å²) in [4.78, 5) is 16.9. The number of sulfonamides is 1. The number of rotatable bonds is 6. The quantitative estimate of drug-likeness (QED) is 0.665. The number of nitrogens with one attached hydrogen (secondary N) is 1. The van der Waals surface area contributed by atoms with E-state index in [-0.39, 0.29) is 10.8 Å². The molecular formula is C24H28N4O5S. The fraction of sp³-hybridized carbons (Fsp3) is 0.417. The summed E-state index contributed by atoms with van der Waals surface area (Å²) in [5.41, 5.74) is 1.73. The van der Waals surface area contributed by atoms with Gasteiger partial charge in [0.15, 0.2) is 11.5 Å². The molecule has 4 rings (SSSR count). The van der Waals surface area contributed by atoms with E-state index in [1.165, 1.54) is 12.1 Å². The number of hydrogen-bond donors (Lipinski definition) is 1. The van der Waals surface area contributed by atoms with E-state index in [1.807, 2.05) is 12.1 Å². The Morgan fingerprint density at radius 1 is 1.06 bits per heavy atom. The number of fused-ring (bicyclic) bond motifs is 1. The van der Waals surface area contributed by atoms with Crippen molar-refractivity contribution in [1.82, 2.24) is 14.5 Å². The fourth-order valence-corrected chi connectivity index (χ4v) is 5.22. The highest BCUT2D eigenvalue weighted by Crippen LogP contribution is 2.32. The van der Waals surface area contributed by atoms with Gasteiger partial charge in [0.25, 0.3) is 0 Å². The third-order valence-electron chi connectivity index (χ3n) is 5.90. The molecule has 0 spiro atoms. The molecule has 1 fully saturated rings. The van der Waals surface area contributed by atoms with Crippen LogP contribution in [0.15, 0.2) is 47.4 Å². The second-order valence-corrected chi connectivity index (χ2v) is 10.1. The molecule has 180 valence electrons. The molecule has 34 heavy (non-hydrogen) atoms. The Labute approximate surface area is 199 Å². The lowest BCUT2D eigenvalue weighted by atomic mass is 10.1. The highest BCUT2D eigenvalue weighted by atomic mass is 32.2. The first kappa shape index (κ1) is 24.0. The summed E-state index contributed by atoms with van der Waals surface area (Å²) in [6, 6.07) is 13.1. The Morgan fingerprint density at radius 2 is 1.74 bits per heavy atom. The summed E-state index contributed by atoms with van der Waals surface area (Å²) in [6.45, 7) is 5.68. The number of nitriles is 1. The van der Waals surface area contributed by atoms with Crippen molar-refractivity contribution in [2.45, 2.75) is 30.8 Å². The van der Waals surface area contributed by atoms with Crippen LogP contribution in [0, 0.1) is 11.3 Å². The van der Waals surface area contributed by atoms with Gasteiger partial charge in [0.1, 0.15) is 0 Å². The van der Waals surface area contributed by atoms with Gasteiger partial charge in [-0.15, -0.1) is 0 Å². The Balaban J connectivity index is 1.32. The lowest BCUT2D eigenvalue weighted by Crippen LogP contribution is -2.53.